The summed E-state index contributed by atoms with van der Waals surface area (Å²) in [5.74, 6) is 0. The molecule has 1 fully saturated rings. The lowest BCUT2D eigenvalue weighted by atomic mass is 9.54. The SMILES string of the molecule is CC1=C(C)C(C)(C)C2(C)N(C)C2(C)C1(C)C. The number of likely N-dealkylation sites (N-methyl/N-ethyl adjacent to an activating group) is 1. The smallest absolute Gasteiger partial charge is 0.0462 e. The molecule has 16 heavy (non-hydrogen) atoms. The molecule has 92 valence electrons. The molecule has 1 heteroatoms. The van der Waals surface area contributed by atoms with Gasteiger partial charge < -0.3 is 0 Å². The van der Waals surface area contributed by atoms with E-state index < -0.39 is 0 Å². The molecule has 0 aromatic rings. The van der Waals surface area contributed by atoms with Crippen LogP contribution in [0.1, 0.15) is 55.4 Å². The van der Waals surface area contributed by atoms with Crippen molar-refractivity contribution >= 4 is 0 Å². The maximum Gasteiger partial charge on any atom is 0.0462 e. The summed E-state index contributed by atoms with van der Waals surface area (Å²) in [6, 6.07) is 0. The van der Waals surface area contributed by atoms with Gasteiger partial charge in [-0.2, -0.15) is 0 Å². The molecule has 0 N–H and O–H groups in total. The van der Waals surface area contributed by atoms with Crippen LogP contribution in [0.2, 0.25) is 0 Å². The number of nitrogens with zero attached hydrogens (tertiary/aromatic N) is 1. The Balaban J connectivity index is 2.73. The first kappa shape index (κ1) is 12.2. The summed E-state index contributed by atoms with van der Waals surface area (Å²) in [5.41, 5.74) is 4.32. The van der Waals surface area contributed by atoms with E-state index in [0.29, 0.717) is 11.1 Å². The average Bonchev–Trinajstić information content (AvgIpc) is 2.65. The highest BCUT2D eigenvalue weighted by atomic mass is 15.5. The largest absolute Gasteiger partial charge is 0.290 e. The van der Waals surface area contributed by atoms with E-state index in [2.05, 4.69) is 67.3 Å². The third-order valence-electron chi connectivity index (χ3n) is 7.11. The average molecular weight is 221 g/mol. The zero-order chi connectivity index (χ0) is 12.7. The second-order valence-electron chi connectivity index (χ2n) is 7.20. The predicted molar refractivity (Wildman–Crippen MR) is 70.5 cm³/mol. The van der Waals surface area contributed by atoms with Crippen molar-refractivity contribution in [3.05, 3.63) is 11.1 Å². The first-order chi connectivity index (χ1) is 6.97. The topological polar surface area (TPSA) is 3.01 Å². The molecule has 1 aliphatic heterocycles. The van der Waals surface area contributed by atoms with Crippen molar-refractivity contribution in [2.45, 2.75) is 66.5 Å². The highest BCUT2D eigenvalue weighted by Gasteiger charge is 2.80. The second-order valence-corrected chi connectivity index (χ2v) is 7.20. The molecule has 1 saturated heterocycles. The van der Waals surface area contributed by atoms with Gasteiger partial charge in [0.05, 0.1) is 0 Å². The molecule has 0 saturated carbocycles. The normalized spacial score (nSPS) is 48.9. The molecule has 2 atom stereocenters. The Kier molecular flexibility index (Phi) is 1.96. The minimum atomic E-state index is 0.274. The minimum Gasteiger partial charge on any atom is -0.290 e. The van der Waals surface area contributed by atoms with E-state index in [1.807, 2.05) is 0 Å². The molecular weight excluding hydrogens is 194 g/mol. The molecule has 0 radical (unpaired) electrons. The maximum atomic E-state index is 2.58. The van der Waals surface area contributed by atoms with Crippen molar-refractivity contribution in [1.82, 2.24) is 4.90 Å². The molecule has 1 nitrogen and oxygen atoms in total. The van der Waals surface area contributed by atoms with E-state index in [9.17, 15) is 0 Å². The highest BCUT2D eigenvalue weighted by Crippen LogP contribution is 2.73. The Morgan fingerprint density at radius 3 is 1.19 bits per heavy atom. The number of rotatable bonds is 0. The molecular formula is C15H27N. The Morgan fingerprint density at radius 1 is 0.688 bits per heavy atom. The van der Waals surface area contributed by atoms with Crippen LogP contribution in [-0.2, 0) is 0 Å². The van der Waals surface area contributed by atoms with Crippen molar-refractivity contribution in [3.8, 4) is 0 Å². The summed E-state index contributed by atoms with van der Waals surface area (Å²) in [6.45, 7) is 19.1. The van der Waals surface area contributed by atoms with Gasteiger partial charge in [0.15, 0.2) is 0 Å². The third kappa shape index (κ3) is 0.796. The van der Waals surface area contributed by atoms with Crippen molar-refractivity contribution < 1.29 is 0 Å². The zero-order valence-corrected chi connectivity index (χ0v) is 12.4. The molecule has 0 aromatic heterocycles. The minimum absolute atomic E-state index is 0.274. The van der Waals surface area contributed by atoms with Gasteiger partial charge in [0, 0.05) is 21.9 Å². The van der Waals surface area contributed by atoms with Crippen molar-refractivity contribution in [3.63, 3.8) is 0 Å². The lowest BCUT2D eigenvalue weighted by molar-refractivity contribution is 0.199. The second kappa shape index (κ2) is 2.58. The van der Waals surface area contributed by atoms with Crippen LogP contribution < -0.4 is 0 Å². The van der Waals surface area contributed by atoms with Gasteiger partial charge in [0.2, 0.25) is 0 Å². The van der Waals surface area contributed by atoms with Crippen molar-refractivity contribution in [2.24, 2.45) is 10.8 Å². The quantitative estimate of drug-likeness (QED) is 0.443. The standard InChI is InChI=1S/C15H27N/c1-10-11(2)13(5,6)15(8)14(7,16(15)9)12(10,3)4/h1-9H3. The summed E-state index contributed by atoms with van der Waals surface area (Å²) in [5, 5.41) is 0. The van der Waals surface area contributed by atoms with Gasteiger partial charge >= 0.3 is 0 Å². The maximum absolute atomic E-state index is 2.58. The highest BCUT2D eigenvalue weighted by molar-refractivity contribution is 5.48. The molecule has 0 aromatic carbocycles. The Bertz CT molecular complexity index is 352. The van der Waals surface area contributed by atoms with E-state index in [1.54, 1.807) is 11.1 Å². The third-order valence-corrected chi connectivity index (χ3v) is 7.11. The molecule has 2 rings (SSSR count). The molecule has 0 bridgehead atoms. The van der Waals surface area contributed by atoms with E-state index in [-0.39, 0.29) is 10.8 Å². The fraction of sp³-hybridized carbons (Fsp3) is 0.867. The van der Waals surface area contributed by atoms with Gasteiger partial charge in [-0.25, -0.2) is 0 Å². The summed E-state index contributed by atoms with van der Waals surface area (Å²) < 4.78 is 0. The van der Waals surface area contributed by atoms with E-state index in [4.69, 9.17) is 0 Å². The Hall–Kier alpha value is -0.300. The first-order valence-electron chi connectivity index (χ1n) is 6.39. The Labute approximate surface area is 101 Å². The van der Waals surface area contributed by atoms with Crippen LogP contribution in [0.4, 0.5) is 0 Å². The van der Waals surface area contributed by atoms with Crippen LogP contribution in [0.5, 0.6) is 0 Å². The molecule has 1 heterocycles. The van der Waals surface area contributed by atoms with Crippen LogP contribution in [0.3, 0.4) is 0 Å². The van der Waals surface area contributed by atoms with Crippen molar-refractivity contribution in [2.75, 3.05) is 7.05 Å². The summed E-state index contributed by atoms with van der Waals surface area (Å²) in [6.07, 6.45) is 0. The van der Waals surface area contributed by atoms with Crippen molar-refractivity contribution in [1.29, 1.82) is 0 Å². The van der Waals surface area contributed by atoms with Gasteiger partial charge in [0.25, 0.3) is 0 Å². The van der Waals surface area contributed by atoms with Crippen LogP contribution >= 0.6 is 0 Å². The first-order valence-corrected chi connectivity index (χ1v) is 6.39. The Morgan fingerprint density at radius 2 is 0.938 bits per heavy atom. The molecule has 0 spiro atoms. The van der Waals surface area contributed by atoms with Gasteiger partial charge in [-0.1, -0.05) is 38.8 Å². The fourth-order valence-electron chi connectivity index (χ4n) is 4.53. The number of fused-ring (bicyclic) bond motifs is 1. The van der Waals surface area contributed by atoms with Gasteiger partial charge in [-0.3, -0.25) is 4.90 Å². The predicted octanol–water partition coefficient (Wildman–Crippen LogP) is 3.85. The molecule has 2 aliphatic rings. The lowest BCUT2D eigenvalue weighted by Gasteiger charge is -2.48. The molecule has 0 amide bonds. The van der Waals surface area contributed by atoms with Gasteiger partial charge in [0.1, 0.15) is 0 Å². The van der Waals surface area contributed by atoms with E-state index in [1.165, 1.54) is 0 Å². The van der Waals surface area contributed by atoms with Gasteiger partial charge in [-0.05, 0) is 34.7 Å². The fourth-order valence-corrected chi connectivity index (χ4v) is 4.53. The summed E-state index contributed by atoms with van der Waals surface area (Å²) in [7, 11) is 2.29. The molecule has 1 aliphatic carbocycles. The van der Waals surface area contributed by atoms with Gasteiger partial charge in [-0.15, -0.1) is 0 Å². The van der Waals surface area contributed by atoms with E-state index >= 15 is 0 Å². The van der Waals surface area contributed by atoms with Crippen LogP contribution in [0.25, 0.3) is 0 Å². The number of hydrogen-bond acceptors (Lipinski definition) is 1. The lowest BCUT2D eigenvalue weighted by Crippen LogP contribution is -2.49. The van der Waals surface area contributed by atoms with Crippen LogP contribution in [0.15, 0.2) is 11.1 Å². The van der Waals surface area contributed by atoms with E-state index in [0.717, 1.165) is 0 Å². The zero-order valence-electron chi connectivity index (χ0n) is 12.4. The van der Waals surface area contributed by atoms with Crippen LogP contribution in [0, 0.1) is 10.8 Å². The summed E-state index contributed by atoms with van der Waals surface area (Å²) >= 11 is 0. The molecule has 2 unspecified atom stereocenters. The monoisotopic (exact) mass is 221 g/mol. The summed E-state index contributed by atoms with van der Waals surface area (Å²) in [4.78, 5) is 2.58. The number of hydrogen-bond donors (Lipinski definition) is 0. The van der Waals surface area contributed by atoms with Crippen LogP contribution in [-0.4, -0.2) is 23.0 Å².